The highest BCUT2D eigenvalue weighted by Gasteiger charge is 2.58. The van der Waals surface area contributed by atoms with Gasteiger partial charge in [0.15, 0.2) is 0 Å². The molecule has 3 aliphatic rings. The molecule has 1 aromatic carbocycles. The third kappa shape index (κ3) is 1.56. The largest absolute Gasteiger partial charge is 0.332 e. The molecule has 1 N–H and O–H groups in total. The summed E-state index contributed by atoms with van der Waals surface area (Å²) in [6.07, 6.45) is 5.63. The molecule has 2 aliphatic heterocycles. The van der Waals surface area contributed by atoms with Crippen molar-refractivity contribution >= 4 is 11.6 Å². The molecule has 1 saturated heterocycles. The van der Waals surface area contributed by atoms with Gasteiger partial charge in [-0.3, -0.25) is 4.79 Å². The second-order valence-corrected chi connectivity index (χ2v) is 5.57. The summed E-state index contributed by atoms with van der Waals surface area (Å²) in [5.41, 5.74) is 1.64. The molecule has 100 valence electrons. The Balaban J connectivity index is 1.74. The van der Waals surface area contributed by atoms with E-state index in [0.717, 1.165) is 36.9 Å². The number of hydrogen-bond donors (Lipinski definition) is 1. The lowest BCUT2D eigenvalue weighted by molar-refractivity contribution is -0.189. The number of ether oxygens (including phenoxy) is 2. The number of amides is 1. The second-order valence-electron chi connectivity index (χ2n) is 5.57. The molecule has 1 saturated carbocycles. The fourth-order valence-electron chi connectivity index (χ4n) is 3.40. The Kier molecular flexibility index (Phi) is 2.44. The first kappa shape index (κ1) is 11.4. The third-order valence-electron chi connectivity index (χ3n) is 4.36. The summed E-state index contributed by atoms with van der Waals surface area (Å²) in [6.45, 7) is 0. The summed E-state index contributed by atoms with van der Waals surface area (Å²) < 4.78 is 12.2. The van der Waals surface area contributed by atoms with Crippen molar-refractivity contribution in [2.24, 2.45) is 0 Å². The van der Waals surface area contributed by atoms with E-state index in [0.29, 0.717) is 0 Å². The first-order chi connectivity index (χ1) is 9.29. The van der Waals surface area contributed by atoms with Crippen molar-refractivity contribution in [1.82, 2.24) is 0 Å². The number of nitrogens with one attached hydrogen (secondary N) is 1. The fourth-order valence-corrected chi connectivity index (χ4v) is 3.40. The van der Waals surface area contributed by atoms with Crippen LogP contribution in [0, 0.1) is 0 Å². The van der Waals surface area contributed by atoms with E-state index in [1.165, 1.54) is 6.42 Å². The highest BCUT2D eigenvalue weighted by molar-refractivity contribution is 6.04. The number of fused-ring (bicyclic) bond motifs is 3. The van der Waals surface area contributed by atoms with Gasteiger partial charge in [-0.25, -0.2) is 0 Å². The van der Waals surface area contributed by atoms with Crippen LogP contribution in [0.25, 0.3) is 0 Å². The molecule has 0 radical (unpaired) electrons. The van der Waals surface area contributed by atoms with Crippen LogP contribution >= 0.6 is 0 Å². The quantitative estimate of drug-likeness (QED) is 0.779. The molecule has 4 rings (SSSR count). The number of carbonyl (C=O) groups excluding carboxylic acids is 1. The molecule has 4 nitrogen and oxygen atoms in total. The number of hydrogen-bond acceptors (Lipinski definition) is 3. The molecular weight excluding hydrogens is 242 g/mol. The maximum Gasteiger partial charge on any atom is 0.289 e. The standard InChI is InChI=1S/C15H17NO3/c17-14-15(10-6-4-5-7-11(10)16-14)18-12-8-2-1-3-9-13(12)19-15/h4-7,12-13H,1-3,8-9H2,(H,16,17)/t12-,13+,15?. The van der Waals surface area contributed by atoms with Gasteiger partial charge < -0.3 is 14.8 Å². The molecule has 19 heavy (non-hydrogen) atoms. The molecule has 1 aromatic rings. The van der Waals surface area contributed by atoms with Crippen LogP contribution in [0.5, 0.6) is 0 Å². The van der Waals surface area contributed by atoms with Crippen LogP contribution in [0.3, 0.4) is 0 Å². The molecule has 0 bridgehead atoms. The zero-order chi connectivity index (χ0) is 12.9. The lowest BCUT2D eigenvalue weighted by Gasteiger charge is -2.21. The molecule has 4 heteroatoms. The van der Waals surface area contributed by atoms with Gasteiger partial charge in [0.25, 0.3) is 11.7 Å². The van der Waals surface area contributed by atoms with E-state index in [4.69, 9.17) is 9.47 Å². The van der Waals surface area contributed by atoms with E-state index in [1.807, 2.05) is 24.3 Å². The highest BCUT2D eigenvalue weighted by Crippen LogP contribution is 2.48. The van der Waals surface area contributed by atoms with Crippen molar-refractivity contribution in [3.63, 3.8) is 0 Å². The van der Waals surface area contributed by atoms with Gasteiger partial charge >= 0.3 is 0 Å². The van der Waals surface area contributed by atoms with E-state index >= 15 is 0 Å². The summed E-state index contributed by atoms with van der Waals surface area (Å²) in [5.74, 6) is -1.37. The van der Waals surface area contributed by atoms with Gasteiger partial charge in [0.05, 0.1) is 17.9 Å². The summed E-state index contributed by atoms with van der Waals surface area (Å²) in [7, 11) is 0. The van der Waals surface area contributed by atoms with Gasteiger partial charge in [0.2, 0.25) is 0 Å². The first-order valence-corrected chi connectivity index (χ1v) is 7.06. The summed E-state index contributed by atoms with van der Waals surface area (Å²) in [5, 5.41) is 2.87. The number of benzene rings is 1. The zero-order valence-electron chi connectivity index (χ0n) is 10.7. The van der Waals surface area contributed by atoms with Gasteiger partial charge in [0.1, 0.15) is 0 Å². The maximum atomic E-state index is 12.3. The van der Waals surface area contributed by atoms with Crippen molar-refractivity contribution in [2.75, 3.05) is 5.32 Å². The molecular formula is C15H17NO3. The smallest absolute Gasteiger partial charge is 0.289 e. The van der Waals surface area contributed by atoms with E-state index in [1.54, 1.807) is 0 Å². The Morgan fingerprint density at radius 3 is 2.47 bits per heavy atom. The van der Waals surface area contributed by atoms with Crippen LogP contribution in [0.1, 0.15) is 37.7 Å². The summed E-state index contributed by atoms with van der Waals surface area (Å²) in [4.78, 5) is 12.3. The molecule has 2 heterocycles. The number of anilines is 1. The monoisotopic (exact) mass is 259 g/mol. The molecule has 2 fully saturated rings. The molecule has 3 atom stereocenters. The van der Waals surface area contributed by atoms with Crippen molar-refractivity contribution in [1.29, 1.82) is 0 Å². The minimum atomic E-state index is -1.19. The lowest BCUT2D eigenvalue weighted by Crippen LogP contribution is -2.36. The van der Waals surface area contributed by atoms with Crippen molar-refractivity contribution in [3.05, 3.63) is 29.8 Å². The molecule has 1 spiro atoms. The van der Waals surface area contributed by atoms with Crippen LogP contribution < -0.4 is 5.32 Å². The van der Waals surface area contributed by atoms with Crippen molar-refractivity contribution in [3.8, 4) is 0 Å². The zero-order valence-corrected chi connectivity index (χ0v) is 10.7. The van der Waals surface area contributed by atoms with E-state index in [9.17, 15) is 4.79 Å². The van der Waals surface area contributed by atoms with Gasteiger partial charge in [-0.15, -0.1) is 0 Å². The normalized spacial score (nSPS) is 36.7. The van der Waals surface area contributed by atoms with E-state index in [2.05, 4.69) is 5.32 Å². The Labute approximate surface area is 112 Å². The lowest BCUT2D eigenvalue weighted by atomic mass is 10.1. The predicted molar refractivity (Wildman–Crippen MR) is 69.6 cm³/mol. The minimum Gasteiger partial charge on any atom is -0.332 e. The average Bonchev–Trinajstić information content (AvgIpc) is 2.82. The number of para-hydroxylation sites is 1. The predicted octanol–water partition coefficient (Wildman–Crippen LogP) is 2.54. The van der Waals surface area contributed by atoms with Crippen LogP contribution in [0.4, 0.5) is 5.69 Å². The SMILES string of the molecule is O=C1Nc2ccccc2C12O[C@H]1CCCCC[C@H]1O2. The van der Waals surface area contributed by atoms with Gasteiger partial charge in [-0.2, -0.15) is 0 Å². The Hall–Kier alpha value is -1.39. The summed E-state index contributed by atoms with van der Waals surface area (Å²) >= 11 is 0. The Morgan fingerprint density at radius 2 is 1.74 bits per heavy atom. The third-order valence-corrected chi connectivity index (χ3v) is 4.36. The topological polar surface area (TPSA) is 47.6 Å². The minimum absolute atomic E-state index is 0.0550. The first-order valence-electron chi connectivity index (χ1n) is 7.06. The summed E-state index contributed by atoms with van der Waals surface area (Å²) in [6, 6.07) is 7.63. The molecule has 0 aromatic heterocycles. The van der Waals surface area contributed by atoms with Crippen molar-refractivity contribution < 1.29 is 14.3 Å². The van der Waals surface area contributed by atoms with Crippen LogP contribution in [0.15, 0.2) is 24.3 Å². The van der Waals surface area contributed by atoms with Crippen molar-refractivity contribution in [2.45, 2.75) is 50.1 Å². The van der Waals surface area contributed by atoms with Crippen LogP contribution in [-0.2, 0) is 20.1 Å². The van der Waals surface area contributed by atoms with Gasteiger partial charge in [-0.05, 0) is 18.9 Å². The molecule has 1 aliphatic carbocycles. The molecule has 1 amide bonds. The van der Waals surface area contributed by atoms with Gasteiger partial charge in [0, 0.05) is 5.56 Å². The number of rotatable bonds is 0. The Morgan fingerprint density at radius 1 is 1.05 bits per heavy atom. The van der Waals surface area contributed by atoms with E-state index < -0.39 is 5.79 Å². The average molecular weight is 259 g/mol. The Bertz CT molecular complexity index is 514. The molecule has 1 unspecified atom stereocenters. The fraction of sp³-hybridized carbons (Fsp3) is 0.533. The van der Waals surface area contributed by atoms with Crippen LogP contribution in [0.2, 0.25) is 0 Å². The van der Waals surface area contributed by atoms with E-state index in [-0.39, 0.29) is 18.1 Å². The number of carbonyl (C=O) groups is 1. The second kappa shape index (κ2) is 4.05. The highest BCUT2D eigenvalue weighted by atomic mass is 16.8. The van der Waals surface area contributed by atoms with Crippen LogP contribution in [-0.4, -0.2) is 18.1 Å². The maximum absolute atomic E-state index is 12.3. The van der Waals surface area contributed by atoms with Gasteiger partial charge in [-0.1, -0.05) is 37.5 Å².